The van der Waals surface area contributed by atoms with Gasteiger partial charge in [-0.2, -0.15) is 0 Å². The Morgan fingerprint density at radius 2 is 2.43 bits per heavy atom. The van der Waals surface area contributed by atoms with Crippen LogP contribution in [0, 0.1) is 0 Å². The second-order valence-electron chi connectivity index (χ2n) is 5.34. The van der Waals surface area contributed by atoms with E-state index in [2.05, 4.69) is 16.4 Å². The molecule has 1 aliphatic rings. The molecule has 0 aliphatic carbocycles. The highest BCUT2D eigenvalue weighted by molar-refractivity contribution is 5.76. The lowest BCUT2D eigenvalue weighted by Crippen LogP contribution is -2.29. The van der Waals surface area contributed by atoms with Gasteiger partial charge in [0, 0.05) is 12.4 Å². The van der Waals surface area contributed by atoms with Crippen LogP contribution in [0.3, 0.4) is 0 Å². The van der Waals surface area contributed by atoms with Crippen LogP contribution < -0.4 is 10.1 Å². The van der Waals surface area contributed by atoms with Crippen LogP contribution in [0.15, 0.2) is 36.9 Å². The maximum atomic E-state index is 12.0. The molecule has 0 spiro atoms. The van der Waals surface area contributed by atoms with Crippen molar-refractivity contribution in [3.8, 4) is 5.75 Å². The van der Waals surface area contributed by atoms with Crippen LogP contribution in [-0.4, -0.2) is 22.1 Å². The number of hydrogen-bond donors (Lipinski definition) is 1. The van der Waals surface area contributed by atoms with E-state index in [-0.39, 0.29) is 11.9 Å². The summed E-state index contributed by atoms with van der Waals surface area (Å²) in [6, 6.07) is 6.14. The number of ether oxygens (including phenoxy) is 1. The molecule has 0 radical (unpaired) electrons. The summed E-state index contributed by atoms with van der Waals surface area (Å²) < 4.78 is 7.36. The van der Waals surface area contributed by atoms with Crippen LogP contribution in [0.2, 0.25) is 0 Å². The van der Waals surface area contributed by atoms with Gasteiger partial charge in [0.15, 0.2) is 0 Å². The standard InChI is InChI=1S/C16H19N3O2/c1-12(18-16(20)10-19-7-6-17-11-19)13-4-5-15-14(9-13)3-2-8-21-15/h4-7,9,11-12H,2-3,8,10H2,1H3,(H,18,20)/t12-/m0/s1. The van der Waals surface area contributed by atoms with Gasteiger partial charge in [-0.1, -0.05) is 12.1 Å². The van der Waals surface area contributed by atoms with Crippen LogP contribution in [0.1, 0.15) is 30.5 Å². The number of hydrogen-bond acceptors (Lipinski definition) is 3. The lowest BCUT2D eigenvalue weighted by molar-refractivity contribution is -0.122. The number of rotatable bonds is 4. The Balaban J connectivity index is 1.64. The number of nitrogens with zero attached hydrogens (tertiary/aromatic N) is 2. The monoisotopic (exact) mass is 285 g/mol. The van der Waals surface area contributed by atoms with Crippen molar-refractivity contribution in [3.63, 3.8) is 0 Å². The predicted octanol–water partition coefficient (Wildman–Crippen LogP) is 2.09. The number of fused-ring (bicyclic) bond motifs is 1. The van der Waals surface area contributed by atoms with Gasteiger partial charge in [-0.3, -0.25) is 4.79 Å². The molecule has 0 fully saturated rings. The molecule has 0 unspecified atom stereocenters. The van der Waals surface area contributed by atoms with E-state index in [9.17, 15) is 4.79 Å². The van der Waals surface area contributed by atoms with E-state index in [0.29, 0.717) is 6.54 Å². The lowest BCUT2D eigenvalue weighted by Gasteiger charge is -2.20. The number of imidazole rings is 1. The summed E-state index contributed by atoms with van der Waals surface area (Å²) in [6.45, 7) is 3.08. The van der Waals surface area contributed by atoms with Crippen molar-refractivity contribution < 1.29 is 9.53 Å². The summed E-state index contributed by atoms with van der Waals surface area (Å²) in [4.78, 5) is 15.9. The quantitative estimate of drug-likeness (QED) is 0.935. The molecular formula is C16H19N3O2. The zero-order valence-electron chi connectivity index (χ0n) is 12.1. The molecule has 110 valence electrons. The highest BCUT2D eigenvalue weighted by atomic mass is 16.5. The molecule has 1 aromatic heterocycles. The Bertz CT molecular complexity index is 622. The highest BCUT2D eigenvalue weighted by Crippen LogP contribution is 2.27. The van der Waals surface area contributed by atoms with E-state index >= 15 is 0 Å². The molecule has 1 N–H and O–H groups in total. The minimum absolute atomic E-state index is 0.0190. The van der Waals surface area contributed by atoms with E-state index in [1.54, 1.807) is 23.3 Å². The largest absolute Gasteiger partial charge is 0.493 e. The molecule has 21 heavy (non-hydrogen) atoms. The van der Waals surface area contributed by atoms with Gasteiger partial charge in [-0.15, -0.1) is 0 Å². The van der Waals surface area contributed by atoms with Gasteiger partial charge in [0.25, 0.3) is 0 Å². The molecule has 1 aliphatic heterocycles. The van der Waals surface area contributed by atoms with Crippen molar-refractivity contribution in [1.82, 2.24) is 14.9 Å². The van der Waals surface area contributed by atoms with Crippen LogP contribution in [0.5, 0.6) is 5.75 Å². The normalized spacial score (nSPS) is 14.9. The predicted molar refractivity (Wildman–Crippen MR) is 79.0 cm³/mol. The van der Waals surface area contributed by atoms with Crippen molar-refractivity contribution in [1.29, 1.82) is 0 Å². The van der Waals surface area contributed by atoms with Crippen molar-refractivity contribution >= 4 is 5.91 Å². The fraction of sp³-hybridized carbons (Fsp3) is 0.375. The molecule has 2 heterocycles. The van der Waals surface area contributed by atoms with Gasteiger partial charge in [0.05, 0.1) is 19.0 Å². The maximum Gasteiger partial charge on any atom is 0.240 e. The van der Waals surface area contributed by atoms with Crippen LogP contribution >= 0.6 is 0 Å². The van der Waals surface area contributed by atoms with Gasteiger partial charge < -0.3 is 14.6 Å². The number of benzene rings is 1. The van der Waals surface area contributed by atoms with E-state index < -0.39 is 0 Å². The lowest BCUT2D eigenvalue weighted by atomic mass is 10.00. The van der Waals surface area contributed by atoms with E-state index in [4.69, 9.17) is 4.74 Å². The molecule has 3 rings (SSSR count). The van der Waals surface area contributed by atoms with Gasteiger partial charge in [-0.25, -0.2) is 4.98 Å². The number of carbonyl (C=O) groups excluding carboxylic acids is 1. The van der Waals surface area contributed by atoms with E-state index in [1.165, 1.54) is 5.56 Å². The fourth-order valence-electron chi connectivity index (χ4n) is 2.57. The zero-order valence-corrected chi connectivity index (χ0v) is 12.1. The first kappa shape index (κ1) is 13.7. The summed E-state index contributed by atoms with van der Waals surface area (Å²) in [5.74, 6) is 0.955. The van der Waals surface area contributed by atoms with Crippen molar-refractivity contribution in [2.24, 2.45) is 0 Å². The molecule has 0 bridgehead atoms. The Labute approximate surface area is 124 Å². The fourth-order valence-corrected chi connectivity index (χ4v) is 2.57. The molecule has 1 atom stereocenters. The van der Waals surface area contributed by atoms with Crippen LogP contribution in [-0.2, 0) is 17.8 Å². The summed E-state index contributed by atoms with van der Waals surface area (Å²) in [5.41, 5.74) is 2.34. The van der Waals surface area contributed by atoms with Crippen molar-refractivity contribution in [3.05, 3.63) is 48.0 Å². The second kappa shape index (κ2) is 5.99. The average molecular weight is 285 g/mol. The van der Waals surface area contributed by atoms with Crippen molar-refractivity contribution in [2.75, 3.05) is 6.61 Å². The molecule has 5 nitrogen and oxygen atoms in total. The first-order valence-electron chi connectivity index (χ1n) is 7.23. The number of carbonyl (C=O) groups is 1. The molecule has 0 saturated heterocycles. The summed E-state index contributed by atoms with van der Waals surface area (Å²) in [5, 5.41) is 3.01. The highest BCUT2D eigenvalue weighted by Gasteiger charge is 2.14. The number of aromatic nitrogens is 2. The minimum atomic E-state index is -0.0201. The van der Waals surface area contributed by atoms with Gasteiger partial charge in [-0.05, 0) is 37.0 Å². The summed E-state index contributed by atoms with van der Waals surface area (Å²) in [6.07, 6.45) is 7.18. The third-order valence-corrected chi connectivity index (χ3v) is 3.70. The van der Waals surface area contributed by atoms with Crippen molar-refractivity contribution in [2.45, 2.75) is 32.4 Å². The van der Waals surface area contributed by atoms with Gasteiger partial charge in [0.1, 0.15) is 12.3 Å². The van der Waals surface area contributed by atoms with Crippen LogP contribution in [0.4, 0.5) is 0 Å². The molecule has 0 saturated carbocycles. The molecule has 1 aromatic carbocycles. The number of aryl methyl sites for hydroxylation is 1. The smallest absolute Gasteiger partial charge is 0.240 e. The van der Waals surface area contributed by atoms with Crippen LogP contribution in [0.25, 0.3) is 0 Å². The molecule has 1 amide bonds. The van der Waals surface area contributed by atoms with Gasteiger partial charge in [0.2, 0.25) is 5.91 Å². The molecule has 2 aromatic rings. The Hall–Kier alpha value is -2.30. The Morgan fingerprint density at radius 3 is 3.24 bits per heavy atom. The Kier molecular flexibility index (Phi) is 3.90. The number of amides is 1. The maximum absolute atomic E-state index is 12.0. The Morgan fingerprint density at radius 1 is 1.52 bits per heavy atom. The van der Waals surface area contributed by atoms with E-state index in [1.807, 2.05) is 19.1 Å². The molecular weight excluding hydrogens is 266 g/mol. The first-order chi connectivity index (χ1) is 10.2. The third kappa shape index (κ3) is 3.24. The average Bonchev–Trinajstić information content (AvgIpc) is 2.99. The van der Waals surface area contributed by atoms with Gasteiger partial charge >= 0.3 is 0 Å². The minimum Gasteiger partial charge on any atom is -0.493 e. The second-order valence-corrected chi connectivity index (χ2v) is 5.34. The third-order valence-electron chi connectivity index (χ3n) is 3.70. The zero-order chi connectivity index (χ0) is 14.7. The summed E-state index contributed by atoms with van der Waals surface area (Å²) >= 11 is 0. The first-order valence-corrected chi connectivity index (χ1v) is 7.23. The van der Waals surface area contributed by atoms with E-state index in [0.717, 1.165) is 30.8 Å². The SMILES string of the molecule is C[C@H](NC(=O)Cn1ccnc1)c1ccc2c(c1)CCCO2. The number of nitrogens with one attached hydrogen (secondary N) is 1. The summed E-state index contributed by atoms with van der Waals surface area (Å²) in [7, 11) is 0. The molecule has 5 heteroatoms. The topological polar surface area (TPSA) is 56.2 Å².